The first-order valence-electron chi connectivity index (χ1n) is 10.3. The molecule has 0 radical (unpaired) electrons. The number of aromatic nitrogens is 2. The molecule has 2 aromatic carbocycles. The number of nitrogens with one attached hydrogen (secondary N) is 1. The Morgan fingerprint density at radius 1 is 1.18 bits per heavy atom. The van der Waals surface area contributed by atoms with Crippen LogP contribution in [0, 0.1) is 0 Å². The topological polar surface area (TPSA) is 115 Å². The SMILES string of the molecule is CSc1ccccc1-c1nnc(NC(=O)c2ccc(S(=O)(=O)N(C)C[C@@H]3CCCO3)cc2)o1. The Hall–Kier alpha value is -2.73. The average molecular weight is 489 g/mol. The molecule has 2 heterocycles. The highest BCUT2D eigenvalue weighted by atomic mass is 32.2. The number of hydrogen-bond acceptors (Lipinski definition) is 8. The van der Waals surface area contributed by atoms with Crippen molar-refractivity contribution in [1.82, 2.24) is 14.5 Å². The number of likely N-dealkylation sites (N-methyl/N-ethyl adjacent to an activating group) is 1. The summed E-state index contributed by atoms with van der Waals surface area (Å²) in [6.07, 6.45) is 3.65. The number of ether oxygens (including phenoxy) is 1. The van der Waals surface area contributed by atoms with Gasteiger partial charge in [-0.25, -0.2) is 8.42 Å². The molecule has 9 nitrogen and oxygen atoms in total. The van der Waals surface area contributed by atoms with Gasteiger partial charge in [-0.05, 0) is 55.5 Å². The van der Waals surface area contributed by atoms with E-state index in [1.54, 1.807) is 11.8 Å². The summed E-state index contributed by atoms with van der Waals surface area (Å²) < 4.78 is 38.0. The molecule has 1 N–H and O–H groups in total. The standard InChI is InChI=1S/C22H24N4O5S2/c1-26(14-16-6-5-13-30-16)33(28,29)17-11-9-15(10-12-17)20(27)23-22-25-24-21(31-22)18-7-3-4-8-19(18)32-2/h3-4,7-12,16H,5-6,13-14H2,1-2H3,(H,23,25,27)/t16-/m0/s1. The van der Waals surface area contributed by atoms with Crippen LogP contribution in [-0.4, -0.2) is 61.4 Å². The maximum Gasteiger partial charge on any atom is 0.322 e. The Bertz CT molecular complexity index is 1220. The van der Waals surface area contributed by atoms with Gasteiger partial charge in [-0.15, -0.1) is 16.9 Å². The van der Waals surface area contributed by atoms with Crippen molar-refractivity contribution in [2.75, 3.05) is 31.8 Å². The van der Waals surface area contributed by atoms with Crippen molar-refractivity contribution >= 4 is 33.7 Å². The molecule has 1 atom stereocenters. The lowest BCUT2D eigenvalue weighted by atomic mass is 10.2. The second-order valence-electron chi connectivity index (χ2n) is 7.51. The largest absolute Gasteiger partial charge is 0.403 e. The monoisotopic (exact) mass is 488 g/mol. The van der Waals surface area contributed by atoms with E-state index < -0.39 is 15.9 Å². The first kappa shape index (κ1) is 23.4. The fourth-order valence-electron chi connectivity index (χ4n) is 3.50. The zero-order valence-corrected chi connectivity index (χ0v) is 19.9. The predicted octanol–water partition coefficient (Wildman–Crippen LogP) is 3.51. The Morgan fingerprint density at radius 3 is 2.64 bits per heavy atom. The zero-order chi connectivity index (χ0) is 23.4. The van der Waals surface area contributed by atoms with E-state index in [2.05, 4.69) is 15.5 Å². The summed E-state index contributed by atoms with van der Waals surface area (Å²) in [6, 6.07) is 13.2. The number of carbonyl (C=O) groups is 1. The number of amides is 1. The Kier molecular flexibility index (Phi) is 7.13. The molecular formula is C22H24N4O5S2. The maximum atomic E-state index is 12.8. The van der Waals surface area contributed by atoms with Gasteiger partial charge in [0, 0.05) is 30.7 Å². The van der Waals surface area contributed by atoms with E-state index in [0.717, 1.165) is 23.3 Å². The normalized spacial score (nSPS) is 16.3. The van der Waals surface area contributed by atoms with Crippen molar-refractivity contribution in [3.8, 4) is 11.5 Å². The molecule has 0 spiro atoms. The van der Waals surface area contributed by atoms with Crippen molar-refractivity contribution in [2.24, 2.45) is 0 Å². The number of carbonyl (C=O) groups excluding carboxylic acids is 1. The van der Waals surface area contributed by atoms with Crippen LogP contribution in [0.4, 0.5) is 6.01 Å². The summed E-state index contributed by atoms with van der Waals surface area (Å²) in [7, 11) is -2.16. The third-order valence-electron chi connectivity index (χ3n) is 5.29. The smallest absolute Gasteiger partial charge is 0.322 e. The third kappa shape index (κ3) is 5.27. The van der Waals surface area contributed by atoms with Gasteiger partial charge in [-0.3, -0.25) is 10.1 Å². The van der Waals surface area contributed by atoms with Crippen molar-refractivity contribution in [2.45, 2.75) is 28.7 Å². The Balaban J connectivity index is 1.43. The van der Waals surface area contributed by atoms with Gasteiger partial charge in [-0.2, -0.15) is 4.31 Å². The van der Waals surface area contributed by atoms with Crippen molar-refractivity contribution in [3.05, 3.63) is 54.1 Å². The summed E-state index contributed by atoms with van der Waals surface area (Å²) in [5.74, 6) is -0.189. The van der Waals surface area contributed by atoms with E-state index in [1.807, 2.05) is 30.5 Å². The second-order valence-corrected chi connectivity index (χ2v) is 10.4. The minimum Gasteiger partial charge on any atom is -0.403 e. The van der Waals surface area contributed by atoms with Gasteiger partial charge < -0.3 is 9.15 Å². The second kappa shape index (κ2) is 10.0. The van der Waals surface area contributed by atoms with Crippen molar-refractivity contribution in [1.29, 1.82) is 0 Å². The summed E-state index contributed by atoms with van der Waals surface area (Å²) >= 11 is 1.55. The highest BCUT2D eigenvalue weighted by molar-refractivity contribution is 7.98. The van der Waals surface area contributed by atoms with E-state index in [-0.39, 0.29) is 22.6 Å². The minimum absolute atomic E-state index is 0.0427. The van der Waals surface area contributed by atoms with E-state index in [9.17, 15) is 13.2 Å². The number of hydrogen-bond donors (Lipinski definition) is 1. The molecule has 0 unspecified atom stereocenters. The fourth-order valence-corrected chi connectivity index (χ4v) is 5.30. The lowest BCUT2D eigenvalue weighted by Gasteiger charge is -2.20. The number of thioether (sulfide) groups is 1. The molecule has 0 bridgehead atoms. The molecule has 1 aliphatic rings. The van der Waals surface area contributed by atoms with Gasteiger partial charge in [0.25, 0.3) is 11.8 Å². The molecule has 1 aromatic heterocycles. The number of anilines is 1. The van der Waals surface area contributed by atoms with E-state index in [1.165, 1.54) is 35.6 Å². The number of nitrogens with zero attached hydrogens (tertiary/aromatic N) is 3. The zero-order valence-electron chi connectivity index (χ0n) is 18.2. The number of rotatable bonds is 8. The van der Waals surface area contributed by atoms with Gasteiger partial charge >= 0.3 is 6.01 Å². The Labute approximate surface area is 196 Å². The van der Waals surface area contributed by atoms with E-state index in [0.29, 0.717) is 19.0 Å². The molecule has 11 heteroatoms. The molecule has 0 aliphatic carbocycles. The van der Waals surface area contributed by atoms with Gasteiger partial charge in [-0.1, -0.05) is 17.2 Å². The van der Waals surface area contributed by atoms with Crippen molar-refractivity contribution < 1.29 is 22.4 Å². The number of benzene rings is 2. The highest BCUT2D eigenvalue weighted by Crippen LogP contribution is 2.29. The molecule has 0 saturated carbocycles. The lowest BCUT2D eigenvalue weighted by molar-refractivity contribution is 0.0979. The molecule has 4 rings (SSSR count). The van der Waals surface area contributed by atoms with E-state index in [4.69, 9.17) is 9.15 Å². The van der Waals surface area contributed by atoms with Crippen LogP contribution in [0.3, 0.4) is 0 Å². The molecular weight excluding hydrogens is 464 g/mol. The van der Waals surface area contributed by atoms with E-state index >= 15 is 0 Å². The summed E-state index contributed by atoms with van der Waals surface area (Å²) in [4.78, 5) is 13.7. The van der Waals surface area contributed by atoms with Crippen LogP contribution in [0.25, 0.3) is 11.5 Å². The van der Waals surface area contributed by atoms with Crippen LogP contribution in [0.2, 0.25) is 0 Å². The molecule has 174 valence electrons. The van der Waals surface area contributed by atoms with Crippen LogP contribution < -0.4 is 5.32 Å². The van der Waals surface area contributed by atoms with Crippen LogP contribution >= 0.6 is 11.8 Å². The molecule has 33 heavy (non-hydrogen) atoms. The quantitative estimate of drug-likeness (QED) is 0.479. The lowest BCUT2D eigenvalue weighted by Crippen LogP contribution is -2.34. The molecule has 1 amide bonds. The molecule has 3 aromatic rings. The predicted molar refractivity (Wildman–Crippen MR) is 125 cm³/mol. The first-order valence-corrected chi connectivity index (χ1v) is 13.0. The minimum atomic E-state index is -3.68. The van der Waals surface area contributed by atoms with Crippen LogP contribution in [0.1, 0.15) is 23.2 Å². The van der Waals surface area contributed by atoms with Crippen LogP contribution in [-0.2, 0) is 14.8 Å². The summed E-state index contributed by atoms with van der Waals surface area (Å²) in [6.45, 7) is 0.956. The summed E-state index contributed by atoms with van der Waals surface area (Å²) in [5, 5.41) is 10.5. The van der Waals surface area contributed by atoms with Crippen LogP contribution in [0.5, 0.6) is 0 Å². The third-order valence-corrected chi connectivity index (χ3v) is 7.93. The summed E-state index contributed by atoms with van der Waals surface area (Å²) in [5.41, 5.74) is 1.04. The average Bonchev–Trinajstić information content (AvgIpc) is 3.51. The van der Waals surface area contributed by atoms with Gasteiger partial charge in [0.1, 0.15) is 0 Å². The Morgan fingerprint density at radius 2 is 1.94 bits per heavy atom. The molecule has 1 fully saturated rings. The van der Waals surface area contributed by atoms with Gasteiger partial charge in [0.15, 0.2) is 0 Å². The maximum absolute atomic E-state index is 12.8. The van der Waals surface area contributed by atoms with Gasteiger partial charge in [0.05, 0.1) is 16.6 Å². The van der Waals surface area contributed by atoms with Gasteiger partial charge in [0.2, 0.25) is 10.0 Å². The molecule has 1 aliphatic heterocycles. The fraction of sp³-hybridized carbons (Fsp3) is 0.318. The van der Waals surface area contributed by atoms with Crippen molar-refractivity contribution in [3.63, 3.8) is 0 Å². The number of sulfonamides is 1. The highest BCUT2D eigenvalue weighted by Gasteiger charge is 2.26. The van der Waals surface area contributed by atoms with Crippen LogP contribution in [0.15, 0.2) is 62.7 Å². The first-order chi connectivity index (χ1) is 15.9. The molecule has 1 saturated heterocycles.